The zero-order chi connectivity index (χ0) is 25.8. The molecule has 1 fully saturated rings. The standard InChI is InChI=1S/C31H37ClN2OS/c1-20(2)31(35)33-26-12-9-21(3)28(19-26)25-15-17-34(18-16-25)23(5)24-10-13-27(14-11-24)36-30-22(4)7-6-8-29(30)32/h6-14,19-20,23,25H,15-18H2,1-5H3,(H,33,35). The van der Waals surface area contributed by atoms with Crippen LogP contribution in [0, 0.1) is 19.8 Å². The number of halogens is 1. The summed E-state index contributed by atoms with van der Waals surface area (Å²) in [6, 6.07) is 21.7. The van der Waals surface area contributed by atoms with Gasteiger partial charge in [-0.25, -0.2) is 0 Å². The lowest BCUT2D eigenvalue weighted by Gasteiger charge is -2.37. The van der Waals surface area contributed by atoms with Gasteiger partial charge < -0.3 is 5.32 Å². The second-order valence-corrected chi connectivity index (χ2v) is 11.7. The van der Waals surface area contributed by atoms with Crippen LogP contribution < -0.4 is 5.32 Å². The van der Waals surface area contributed by atoms with E-state index in [-0.39, 0.29) is 11.8 Å². The molecule has 190 valence electrons. The minimum absolute atomic E-state index is 0.0209. The smallest absolute Gasteiger partial charge is 0.226 e. The van der Waals surface area contributed by atoms with Crippen LogP contribution in [0.3, 0.4) is 0 Å². The Morgan fingerprint density at radius 1 is 0.972 bits per heavy atom. The SMILES string of the molecule is Cc1ccc(NC(=O)C(C)C)cc1C1CCN(C(C)c2ccc(Sc3c(C)cccc3Cl)cc2)CC1. The molecule has 5 heteroatoms. The molecule has 0 radical (unpaired) electrons. The highest BCUT2D eigenvalue weighted by molar-refractivity contribution is 7.99. The first-order chi connectivity index (χ1) is 17.2. The molecule has 1 heterocycles. The van der Waals surface area contributed by atoms with Crippen molar-refractivity contribution in [2.45, 2.75) is 69.2 Å². The lowest BCUT2D eigenvalue weighted by molar-refractivity contribution is -0.118. The minimum Gasteiger partial charge on any atom is -0.326 e. The van der Waals surface area contributed by atoms with Gasteiger partial charge >= 0.3 is 0 Å². The molecule has 36 heavy (non-hydrogen) atoms. The Labute approximate surface area is 225 Å². The Hall–Kier alpha value is -2.27. The number of likely N-dealkylation sites (tertiary alicyclic amines) is 1. The molecule has 1 atom stereocenters. The Morgan fingerprint density at radius 3 is 2.31 bits per heavy atom. The van der Waals surface area contributed by atoms with Gasteiger partial charge in [-0.15, -0.1) is 0 Å². The summed E-state index contributed by atoms with van der Waals surface area (Å²) in [7, 11) is 0. The summed E-state index contributed by atoms with van der Waals surface area (Å²) < 4.78 is 0. The topological polar surface area (TPSA) is 32.3 Å². The van der Waals surface area contributed by atoms with E-state index in [0.29, 0.717) is 12.0 Å². The van der Waals surface area contributed by atoms with Crippen molar-refractivity contribution < 1.29 is 4.79 Å². The first-order valence-corrected chi connectivity index (χ1v) is 14.1. The van der Waals surface area contributed by atoms with Crippen molar-refractivity contribution in [1.82, 2.24) is 4.90 Å². The number of carbonyl (C=O) groups excluding carboxylic acids is 1. The van der Waals surface area contributed by atoms with Gasteiger partial charge in [0.25, 0.3) is 0 Å². The van der Waals surface area contributed by atoms with Crippen LogP contribution in [0.5, 0.6) is 0 Å². The predicted molar refractivity (Wildman–Crippen MR) is 153 cm³/mol. The molecule has 3 aromatic carbocycles. The van der Waals surface area contributed by atoms with Gasteiger partial charge in [-0.05, 0) is 105 Å². The third-order valence-electron chi connectivity index (χ3n) is 7.33. The molecular weight excluding hydrogens is 484 g/mol. The molecule has 1 N–H and O–H groups in total. The van der Waals surface area contributed by atoms with E-state index in [1.807, 2.05) is 32.0 Å². The Morgan fingerprint density at radius 2 is 1.67 bits per heavy atom. The summed E-state index contributed by atoms with van der Waals surface area (Å²) in [4.78, 5) is 17.1. The summed E-state index contributed by atoms with van der Waals surface area (Å²) >= 11 is 8.16. The molecule has 0 bridgehead atoms. The fraction of sp³-hybridized carbons (Fsp3) is 0.387. The molecule has 4 rings (SSSR count). The van der Waals surface area contributed by atoms with Gasteiger partial charge in [0.15, 0.2) is 0 Å². The third-order valence-corrected chi connectivity index (χ3v) is 9.02. The van der Waals surface area contributed by atoms with E-state index >= 15 is 0 Å². The van der Waals surface area contributed by atoms with Crippen LogP contribution in [0.25, 0.3) is 0 Å². The molecule has 1 unspecified atom stereocenters. The number of rotatable bonds is 7. The number of nitrogens with zero attached hydrogens (tertiary/aromatic N) is 1. The van der Waals surface area contributed by atoms with E-state index in [1.54, 1.807) is 11.8 Å². The summed E-state index contributed by atoms with van der Waals surface area (Å²) in [6.07, 6.45) is 2.26. The second-order valence-electron chi connectivity index (χ2n) is 10.3. The van der Waals surface area contributed by atoms with Crippen LogP contribution in [0.15, 0.2) is 70.5 Å². The summed E-state index contributed by atoms with van der Waals surface area (Å²) in [5, 5.41) is 3.87. The lowest BCUT2D eigenvalue weighted by atomic mass is 9.86. The Kier molecular flexibility index (Phi) is 8.82. The molecular formula is C31H37ClN2OS. The molecule has 1 aliphatic heterocycles. The Balaban J connectivity index is 1.37. The van der Waals surface area contributed by atoms with Crippen molar-refractivity contribution in [3.05, 3.63) is 87.9 Å². The van der Waals surface area contributed by atoms with Gasteiger partial charge in [-0.3, -0.25) is 9.69 Å². The fourth-order valence-corrected chi connectivity index (χ4v) is 6.17. The molecule has 1 amide bonds. The number of hydrogen-bond donors (Lipinski definition) is 1. The van der Waals surface area contributed by atoms with Crippen LogP contribution in [0.2, 0.25) is 5.02 Å². The number of amides is 1. The van der Waals surface area contributed by atoms with Gasteiger partial charge in [0.2, 0.25) is 5.91 Å². The number of aryl methyl sites for hydroxylation is 2. The highest BCUT2D eigenvalue weighted by Crippen LogP contribution is 2.38. The van der Waals surface area contributed by atoms with E-state index < -0.39 is 0 Å². The van der Waals surface area contributed by atoms with Crippen molar-refractivity contribution in [3.8, 4) is 0 Å². The number of piperidine rings is 1. The fourth-order valence-electron chi connectivity index (χ4n) is 4.93. The number of benzene rings is 3. The van der Waals surface area contributed by atoms with Gasteiger partial charge in [0.1, 0.15) is 0 Å². The van der Waals surface area contributed by atoms with E-state index in [1.165, 1.54) is 27.1 Å². The van der Waals surface area contributed by atoms with E-state index in [4.69, 9.17) is 11.6 Å². The molecule has 3 nitrogen and oxygen atoms in total. The molecule has 0 aromatic heterocycles. The van der Waals surface area contributed by atoms with E-state index in [2.05, 4.69) is 73.5 Å². The molecule has 3 aromatic rings. The average molecular weight is 521 g/mol. The van der Waals surface area contributed by atoms with Crippen LogP contribution in [-0.4, -0.2) is 23.9 Å². The maximum Gasteiger partial charge on any atom is 0.226 e. The number of hydrogen-bond acceptors (Lipinski definition) is 3. The van der Waals surface area contributed by atoms with Gasteiger partial charge in [0.05, 0.1) is 5.02 Å². The number of carbonyl (C=O) groups is 1. The van der Waals surface area contributed by atoms with Crippen LogP contribution in [-0.2, 0) is 4.79 Å². The lowest BCUT2D eigenvalue weighted by Crippen LogP contribution is -2.35. The predicted octanol–water partition coefficient (Wildman–Crippen LogP) is 8.64. The van der Waals surface area contributed by atoms with Crippen molar-refractivity contribution in [3.63, 3.8) is 0 Å². The molecule has 0 aliphatic carbocycles. The molecule has 1 saturated heterocycles. The zero-order valence-corrected chi connectivity index (χ0v) is 23.5. The van der Waals surface area contributed by atoms with Crippen LogP contribution in [0.1, 0.15) is 67.8 Å². The monoisotopic (exact) mass is 520 g/mol. The van der Waals surface area contributed by atoms with E-state index in [0.717, 1.165) is 41.5 Å². The van der Waals surface area contributed by atoms with Crippen molar-refractivity contribution in [1.29, 1.82) is 0 Å². The number of nitrogens with one attached hydrogen (secondary N) is 1. The van der Waals surface area contributed by atoms with Gasteiger partial charge in [0, 0.05) is 27.4 Å². The van der Waals surface area contributed by atoms with Crippen LogP contribution >= 0.6 is 23.4 Å². The highest BCUT2D eigenvalue weighted by Gasteiger charge is 2.25. The average Bonchev–Trinajstić information content (AvgIpc) is 2.87. The zero-order valence-electron chi connectivity index (χ0n) is 22.0. The summed E-state index contributed by atoms with van der Waals surface area (Å²) in [5.74, 6) is 0.578. The largest absolute Gasteiger partial charge is 0.326 e. The van der Waals surface area contributed by atoms with Crippen molar-refractivity contribution >= 4 is 35.0 Å². The molecule has 1 aliphatic rings. The third kappa shape index (κ3) is 6.34. The normalized spacial score (nSPS) is 15.8. The molecule has 0 spiro atoms. The highest BCUT2D eigenvalue weighted by atomic mass is 35.5. The summed E-state index contributed by atoms with van der Waals surface area (Å²) in [6.45, 7) is 12.6. The Bertz CT molecular complexity index is 1180. The molecule has 0 saturated carbocycles. The van der Waals surface area contributed by atoms with Crippen molar-refractivity contribution in [2.75, 3.05) is 18.4 Å². The number of anilines is 1. The maximum atomic E-state index is 12.2. The van der Waals surface area contributed by atoms with Crippen molar-refractivity contribution in [2.24, 2.45) is 5.92 Å². The first-order valence-electron chi connectivity index (χ1n) is 12.9. The van der Waals surface area contributed by atoms with Gasteiger partial charge in [-0.1, -0.05) is 67.5 Å². The quantitative estimate of drug-likeness (QED) is 0.338. The first kappa shape index (κ1) is 26.8. The van der Waals surface area contributed by atoms with E-state index in [9.17, 15) is 4.79 Å². The minimum atomic E-state index is -0.0209. The maximum absolute atomic E-state index is 12.2. The second kappa shape index (κ2) is 11.9. The van der Waals surface area contributed by atoms with Gasteiger partial charge in [-0.2, -0.15) is 0 Å². The summed E-state index contributed by atoms with van der Waals surface area (Å²) in [5.41, 5.74) is 6.15. The van der Waals surface area contributed by atoms with Crippen LogP contribution in [0.4, 0.5) is 5.69 Å².